The van der Waals surface area contributed by atoms with Crippen LogP contribution in [0, 0.1) is 0 Å². The number of rotatable bonds is 11. The zero-order valence-electron chi connectivity index (χ0n) is 12.2. The molecule has 0 fully saturated rings. The highest BCUT2D eigenvalue weighted by atomic mass is 32.2. The van der Waals surface area contributed by atoms with Gasteiger partial charge in [0.05, 0.1) is 5.75 Å². The molecule has 0 aromatic heterocycles. The highest BCUT2D eigenvalue weighted by molar-refractivity contribution is 7.86. The van der Waals surface area contributed by atoms with Crippen molar-refractivity contribution in [3.05, 3.63) is 48.6 Å². The number of benzene rings is 1. The molecule has 0 unspecified atom stereocenters. The van der Waals surface area contributed by atoms with Crippen LogP contribution in [-0.4, -0.2) is 26.6 Å². The fourth-order valence-electron chi connectivity index (χ4n) is 1.83. The highest BCUT2D eigenvalue weighted by Gasteiger charge is 2.14. The lowest BCUT2D eigenvalue weighted by atomic mass is 10.1. The summed E-state index contributed by atoms with van der Waals surface area (Å²) < 4.78 is 28.1. The Hall–Kier alpha value is -1.46. The first-order chi connectivity index (χ1) is 10.0. The maximum Gasteiger partial charge on any atom is 0.267 e. The van der Waals surface area contributed by atoms with Crippen molar-refractivity contribution in [1.82, 2.24) is 0 Å². The Morgan fingerprint density at radius 2 is 1.76 bits per heavy atom. The molecule has 0 radical (unpaired) electrons. The largest absolute Gasteiger partial charge is 0.291 e. The lowest BCUT2D eigenvalue weighted by molar-refractivity contribution is 0.0924. The smallest absolute Gasteiger partial charge is 0.267 e. The quantitative estimate of drug-likeness (QED) is 0.272. The number of carbonyl (C=O) groups is 1. The summed E-state index contributed by atoms with van der Waals surface area (Å²) in [6.45, 7) is 3.21. The molecule has 21 heavy (non-hydrogen) atoms. The molecular weight excluding hydrogens is 288 g/mol. The summed E-state index contributed by atoms with van der Waals surface area (Å²) in [5.41, 5.74) is 0.456. The maximum atomic E-state index is 11.7. The summed E-state index contributed by atoms with van der Waals surface area (Å²) >= 11 is 0. The van der Waals surface area contributed by atoms with E-state index in [0.717, 1.165) is 25.7 Å². The third-order valence-corrected chi connectivity index (χ3v) is 4.28. The molecule has 5 heteroatoms. The van der Waals surface area contributed by atoms with Gasteiger partial charge < -0.3 is 0 Å². The molecule has 0 atom stereocenters. The van der Waals surface area contributed by atoms with Crippen molar-refractivity contribution in [3.63, 3.8) is 0 Å². The van der Waals surface area contributed by atoms with E-state index in [2.05, 4.69) is 6.58 Å². The molecule has 0 saturated heterocycles. The molecule has 0 saturated carbocycles. The van der Waals surface area contributed by atoms with E-state index in [4.69, 9.17) is 4.18 Å². The van der Waals surface area contributed by atoms with Crippen molar-refractivity contribution in [1.29, 1.82) is 0 Å². The Bertz CT molecular complexity index is 535. The van der Waals surface area contributed by atoms with Crippen molar-refractivity contribution < 1.29 is 17.4 Å². The van der Waals surface area contributed by atoms with Crippen LogP contribution in [0.5, 0.6) is 0 Å². The zero-order valence-corrected chi connectivity index (χ0v) is 13.0. The first-order valence-corrected chi connectivity index (χ1v) is 8.69. The third-order valence-electron chi connectivity index (χ3n) is 3.02. The average molecular weight is 310 g/mol. The van der Waals surface area contributed by atoms with Crippen LogP contribution in [0.4, 0.5) is 0 Å². The van der Waals surface area contributed by atoms with E-state index < -0.39 is 16.7 Å². The van der Waals surface area contributed by atoms with Gasteiger partial charge in [-0.15, -0.1) is 6.58 Å². The van der Waals surface area contributed by atoms with Crippen molar-refractivity contribution in [2.45, 2.75) is 32.1 Å². The van der Waals surface area contributed by atoms with Crippen molar-refractivity contribution in [2.24, 2.45) is 0 Å². The van der Waals surface area contributed by atoms with E-state index in [9.17, 15) is 13.2 Å². The van der Waals surface area contributed by atoms with E-state index >= 15 is 0 Å². The monoisotopic (exact) mass is 310 g/mol. The average Bonchev–Trinajstić information content (AvgIpc) is 2.49. The van der Waals surface area contributed by atoms with E-state index in [1.165, 1.54) is 0 Å². The van der Waals surface area contributed by atoms with Gasteiger partial charge in [0, 0.05) is 5.56 Å². The molecule has 0 N–H and O–H groups in total. The van der Waals surface area contributed by atoms with Gasteiger partial charge in [0.25, 0.3) is 10.1 Å². The molecule has 1 aromatic rings. The lowest BCUT2D eigenvalue weighted by Crippen LogP contribution is -2.17. The van der Waals surface area contributed by atoms with E-state index in [-0.39, 0.29) is 11.5 Å². The highest BCUT2D eigenvalue weighted by Crippen LogP contribution is 2.07. The van der Waals surface area contributed by atoms with Crippen LogP contribution in [0.2, 0.25) is 0 Å². The van der Waals surface area contributed by atoms with Gasteiger partial charge in [-0.3, -0.25) is 8.98 Å². The van der Waals surface area contributed by atoms with Crippen LogP contribution < -0.4 is 0 Å². The molecular formula is C16H22O4S. The van der Waals surface area contributed by atoms with Crippen LogP contribution in [0.3, 0.4) is 0 Å². The van der Waals surface area contributed by atoms with Crippen LogP contribution in [0.1, 0.15) is 42.5 Å². The van der Waals surface area contributed by atoms with Gasteiger partial charge in [0.15, 0.2) is 5.78 Å². The molecule has 0 aliphatic heterocycles. The summed E-state index contributed by atoms with van der Waals surface area (Å²) in [6.07, 6.45) is 6.20. The first-order valence-electron chi connectivity index (χ1n) is 7.11. The zero-order chi connectivity index (χ0) is 15.6. The second-order valence-corrected chi connectivity index (χ2v) is 6.56. The fourth-order valence-corrected chi connectivity index (χ4v) is 2.79. The number of unbranched alkanes of at least 4 members (excludes halogenated alkanes) is 4. The Balaban J connectivity index is 2.26. The standard InChI is InChI=1S/C16H22O4S/c1-2-3-4-5-6-10-13-21(18,19)20-14-16(17)15-11-8-7-9-12-15/h2,7-9,11-12H,1,3-6,10,13-14H2. The van der Waals surface area contributed by atoms with Crippen molar-refractivity contribution in [2.75, 3.05) is 12.4 Å². The summed E-state index contributed by atoms with van der Waals surface area (Å²) in [6, 6.07) is 8.52. The minimum atomic E-state index is -3.62. The molecule has 0 bridgehead atoms. The number of hydrogen-bond acceptors (Lipinski definition) is 4. The number of Topliss-reactive ketones (excluding diaryl/α,β-unsaturated/α-hetero) is 1. The Morgan fingerprint density at radius 3 is 2.43 bits per heavy atom. The molecule has 1 aromatic carbocycles. The number of allylic oxidation sites excluding steroid dienone is 1. The fraction of sp³-hybridized carbons (Fsp3) is 0.438. The first kappa shape index (κ1) is 17.6. The van der Waals surface area contributed by atoms with Crippen LogP contribution in [0.25, 0.3) is 0 Å². The van der Waals surface area contributed by atoms with E-state index in [1.54, 1.807) is 30.3 Å². The molecule has 0 aliphatic carbocycles. The Kier molecular flexibility index (Phi) is 7.93. The van der Waals surface area contributed by atoms with Gasteiger partial charge in [-0.25, -0.2) is 0 Å². The SMILES string of the molecule is C=CCCCCCCS(=O)(=O)OCC(=O)c1ccccc1. The van der Waals surface area contributed by atoms with Crippen molar-refractivity contribution >= 4 is 15.9 Å². The van der Waals surface area contributed by atoms with Gasteiger partial charge in [-0.05, 0) is 19.3 Å². The second-order valence-electron chi connectivity index (χ2n) is 4.80. The van der Waals surface area contributed by atoms with Gasteiger partial charge in [-0.1, -0.05) is 49.2 Å². The van der Waals surface area contributed by atoms with E-state index in [0.29, 0.717) is 12.0 Å². The number of carbonyl (C=O) groups excluding carboxylic acids is 1. The Morgan fingerprint density at radius 1 is 1.10 bits per heavy atom. The van der Waals surface area contributed by atoms with E-state index in [1.807, 2.05) is 6.08 Å². The summed E-state index contributed by atoms with van der Waals surface area (Å²) in [7, 11) is -3.62. The molecule has 0 heterocycles. The van der Waals surface area contributed by atoms with Crippen LogP contribution in [-0.2, 0) is 14.3 Å². The number of hydrogen-bond donors (Lipinski definition) is 0. The maximum absolute atomic E-state index is 11.7. The summed E-state index contributed by atoms with van der Waals surface area (Å²) in [5.74, 6) is -0.367. The molecule has 116 valence electrons. The van der Waals surface area contributed by atoms with Gasteiger partial charge in [0.1, 0.15) is 6.61 Å². The summed E-state index contributed by atoms with van der Waals surface area (Å²) in [4.78, 5) is 11.7. The predicted molar refractivity (Wildman–Crippen MR) is 83.8 cm³/mol. The van der Waals surface area contributed by atoms with Gasteiger partial charge >= 0.3 is 0 Å². The molecule has 4 nitrogen and oxygen atoms in total. The minimum absolute atomic E-state index is 0.0385. The third kappa shape index (κ3) is 7.78. The second kappa shape index (κ2) is 9.47. The predicted octanol–water partition coefficient (Wildman–Crippen LogP) is 3.35. The minimum Gasteiger partial charge on any atom is -0.291 e. The Labute approximate surface area is 127 Å². The molecule has 0 spiro atoms. The summed E-state index contributed by atoms with van der Waals surface area (Å²) in [5, 5.41) is 0. The molecule has 1 rings (SSSR count). The molecule has 0 amide bonds. The van der Waals surface area contributed by atoms with Gasteiger partial charge in [-0.2, -0.15) is 8.42 Å². The lowest BCUT2D eigenvalue weighted by Gasteiger charge is -2.05. The normalized spacial score (nSPS) is 11.2. The van der Waals surface area contributed by atoms with Crippen LogP contribution in [0.15, 0.2) is 43.0 Å². The van der Waals surface area contributed by atoms with Gasteiger partial charge in [0.2, 0.25) is 0 Å². The van der Waals surface area contributed by atoms with Crippen LogP contribution >= 0.6 is 0 Å². The topological polar surface area (TPSA) is 60.4 Å². The molecule has 0 aliphatic rings. The number of ketones is 1. The van der Waals surface area contributed by atoms with Crippen molar-refractivity contribution in [3.8, 4) is 0 Å².